The molecular weight excluding hydrogens is 449 g/mol. The van der Waals surface area contributed by atoms with E-state index in [1.54, 1.807) is 12.1 Å². The summed E-state index contributed by atoms with van der Waals surface area (Å²) in [6.07, 6.45) is 11.9. The Kier molecular flexibility index (Phi) is 7.66. The maximum absolute atomic E-state index is 14.5. The van der Waals surface area contributed by atoms with Crippen molar-refractivity contribution in [1.82, 2.24) is 10.3 Å². The van der Waals surface area contributed by atoms with Gasteiger partial charge in [0.1, 0.15) is 5.82 Å². The molecule has 5 heteroatoms. The molecule has 4 nitrogen and oxygen atoms in total. The molecule has 1 unspecified atom stereocenters. The Labute approximate surface area is 213 Å². The molecule has 1 saturated heterocycles. The Bertz CT molecular complexity index is 1240. The number of anilines is 1. The maximum Gasteiger partial charge on any atom is 0.256 e. The quantitative estimate of drug-likeness (QED) is 0.277. The highest BCUT2D eigenvalue weighted by Crippen LogP contribution is 2.41. The molecule has 3 aromatic rings. The Morgan fingerprint density at radius 1 is 1.00 bits per heavy atom. The summed E-state index contributed by atoms with van der Waals surface area (Å²) in [5.41, 5.74) is 6.91. The number of halogens is 1. The molecule has 1 fully saturated rings. The molecule has 36 heavy (non-hydrogen) atoms. The highest BCUT2D eigenvalue weighted by Gasteiger charge is 2.28. The molecule has 0 spiro atoms. The number of carbonyl (C=O) groups is 1. The largest absolute Gasteiger partial charge is 0.359 e. The Morgan fingerprint density at radius 2 is 1.81 bits per heavy atom. The number of piperidine rings is 1. The Balaban J connectivity index is 0.000000391. The second kappa shape index (κ2) is 11.3. The summed E-state index contributed by atoms with van der Waals surface area (Å²) in [5, 5.41) is 6.23. The number of hydrogen-bond donors (Lipinski definition) is 3. The molecule has 2 aromatic carbocycles. The van der Waals surface area contributed by atoms with Crippen molar-refractivity contribution in [3.63, 3.8) is 0 Å². The maximum atomic E-state index is 14.5. The number of nitrogens with one attached hydrogen (secondary N) is 3. The summed E-state index contributed by atoms with van der Waals surface area (Å²) in [4.78, 5) is 16.4. The first-order chi connectivity index (χ1) is 17.6. The van der Waals surface area contributed by atoms with Crippen LogP contribution in [0.2, 0.25) is 0 Å². The van der Waals surface area contributed by atoms with Gasteiger partial charge in [-0.3, -0.25) is 4.79 Å². The molecule has 3 heterocycles. The zero-order valence-electron chi connectivity index (χ0n) is 21.1. The molecule has 3 N–H and O–H groups in total. The van der Waals surface area contributed by atoms with E-state index in [1.165, 1.54) is 68.9 Å². The van der Waals surface area contributed by atoms with Crippen molar-refractivity contribution < 1.29 is 9.18 Å². The minimum atomic E-state index is -0.290. The van der Waals surface area contributed by atoms with E-state index >= 15 is 0 Å². The van der Waals surface area contributed by atoms with Gasteiger partial charge in [-0.15, -0.1) is 0 Å². The third-order valence-electron chi connectivity index (χ3n) is 7.64. The molecule has 2 aliphatic heterocycles. The SMILES string of the molecule is C1CCNCC1.CCC1CCCc2[nH]c(/C=C3\C(=O)Nc4cccc(-c5ccccc5F)c43)cc2C1. The van der Waals surface area contributed by atoms with E-state index in [9.17, 15) is 9.18 Å². The average Bonchev–Trinajstić information content (AvgIpc) is 3.37. The summed E-state index contributed by atoms with van der Waals surface area (Å²) in [7, 11) is 0. The predicted octanol–water partition coefficient (Wildman–Crippen LogP) is 6.98. The van der Waals surface area contributed by atoms with Crippen LogP contribution < -0.4 is 10.6 Å². The predicted molar refractivity (Wildman–Crippen MR) is 146 cm³/mol. The number of H-pyrrole nitrogens is 1. The van der Waals surface area contributed by atoms with Gasteiger partial charge in [-0.25, -0.2) is 4.39 Å². The van der Waals surface area contributed by atoms with E-state index in [0.717, 1.165) is 41.3 Å². The number of aromatic amines is 1. The van der Waals surface area contributed by atoms with Gasteiger partial charge in [0.2, 0.25) is 0 Å². The standard InChI is InChI=1S/C26H25FN2O.C5H11N/c1-2-16-7-5-11-23-17(13-16)14-18(28-23)15-21-25-20(19-8-3-4-10-22(19)27)9-6-12-24(25)29-26(21)30;1-2-4-6-5-3-1/h3-4,6,8-10,12,14-16,28H,2,5,7,11,13H2,1H3,(H,29,30);6H,1-5H2/b21-15-;. The number of carbonyl (C=O) groups excluding carboxylic acids is 1. The van der Waals surface area contributed by atoms with Crippen molar-refractivity contribution in [1.29, 1.82) is 0 Å². The van der Waals surface area contributed by atoms with Gasteiger partial charge >= 0.3 is 0 Å². The molecule has 0 bridgehead atoms. The fourth-order valence-electron chi connectivity index (χ4n) is 5.63. The molecule has 6 rings (SSSR count). The van der Waals surface area contributed by atoms with Crippen LogP contribution in [0.3, 0.4) is 0 Å². The molecule has 188 valence electrons. The van der Waals surface area contributed by atoms with E-state index in [4.69, 9.17) is 0 Å². The van der Waals surface area contributed by atoms with Gasteiger partial charge in [-0.1, -0.05) is 50.1 Å². The smallest absolute Gasteiger partial charge is 0.256 e. The van der Waals surface area contributed by atoms with E-state index < -0.39 is 0 Å². The minimum absolute atomic E-state index is 0.148. The lowest BCUT2D eigenvalue weighted by Gasteiger charge is -2.10. The summed E-state index contributed by atoms with van der Waals surface area (Å²) < 4.78 is 14.5. The second-order valence-corrected chi connectivity index (χ2v) is 10.1. The van der Waals surface area contributed by atoms with Crippen LogP contribution in [0.15, 0.2) is 48.5 Å². The summed E-state index contributed by atoms with van der Waals surface area (Å²) in [6, 6.07) is 14.5. The Hall–Kier alpha value is -3.18. The summed E-state index contributed by atoms with van der Waals surface area (Å²) >= 11 is 0. The molecular formula is C31H36FN3O. The number of aryl methyl sites for hydroxylation is 1. The number of aromatic nitrogens is 1. The zero-order valence-corrected chi connectivity index (χ0v) is 21.1. The fraction of sp³-hybridized carbons (Fsp3) is 0.387. The van der Waals surface area contributed by atoms with Crippen molar-refractivity contribution in [2.75, 3.05) is 18.4 Å². The van der Waals surface area contributed by atoms with E-state index in [2.05, 4.69) is 28.6 Å². The number of benzene rings is 2. The topological polar surface area (TPSA) is 56.9 Å². The zero-order chi connectivity index (χ0) is 24.9. The second-order valence-electron chi connectivity index (χ2n) is 10.1. The van der Waals surface area contributed by atoms with Crippen LogP contribution in [0.5, 0.6) is 0 Å². The van der Waals surface area contributed by atoms with Crippen molar-refractivity contribution in [2.45, 2.75) is 58.3 Å². The van der Waals surface area contributed by atoms with E-state index in [1.807, 2.05) is 30.3 Å². The lowest BCUT2D eigenvalue weighted by molar-refractivity contribution is -0.110. The van der Waals surface area contributed by atoms with Crippen LogP contribution in [0, 0.1) is 11.7 Å². The van der Waals surface area contributed by atoms with Gasteiger partial charge < -0.3 is 15.6 Å². The first-order valence-corrected chi connectivity index (χ1v) is 13.5. The summed E-state index contributed by atoms with van der Waals surface area (Å²) in [5.74, 6) is 0.289. The number of amides is 1. The number of rotatable bonds is 3. The van der Waals surface area contributed by atoms with Gasteiger partial charge in [-0.05, 0) is 92.9 Å². The molecule has 1 aliphatic carbocycles. The highest BCUT2D eigenvalue weighted by molar-refractivity contribution is 6.36. The molecule has 3 aliphatic rings. The van der Waals surface area contributed by atoms with Crippen LogP contribution >= 0.6 is 0 Å². The van der Waals surface area contributed by atoms with Crippen LogP contribution in [0.1, 0.15) is 68.0 Å². The van der Waals surface area contributed by atoms with Crippen molar-refractivity contribution in [3.8, 4) is 11.1 Å². The normalized spacial score (nSPS) is 20.1. The average molecular weight is 486 g/mol. The number of fused-ring (bicyclic) bond motifs is 2. The van der Waals surface area contributed by atoms with Gasteiger partial charge in [0, 0.05) is 28.2 Å². The van der Waals surface area contributed by atoms with Crippen molar-refractivity contribution in [3.05, 3.63) is 76.9 Å². The minimum Gasteiger partial charge on any atom is -0.359 e. The molecule has 0 saturated carbocycles. The Morgan fingerprint density at radius 3 is 2.53 bits per heavy atom. The van der Waals surface area contributed by atoms with Gasteiger partial charge in [0.25, 0.3) is 5.91 Å². The van der Waals surface area contributed by atoms with Crippen LogP contribution in [-0.2, 0) is 17.6 Å². The van der Waals surface area contributed by atoms with Crippen molar-refractivity contribution >= 4 is 23.2 Å². The molecule has 0 radical (unpaired) electrons. The van der Waals surface area contributed by atoms with Crippen LogP contribution in [-0.4, -0.2) is 24.0 Å². The third kappa shape index (κ3) is 5.31. The number of hydrogen-bond acceptors (Lipinski definition) is 2. The first kappa shape index (κ1) is 24.5. The van der Waals surface area contributed by atoms with Crippen molar-refractivity contribution in [2.24, 2.45) is 5.92 Å². The van der Waals surface area contributed by atoms with Gasteiger partial charge in [-0.2, -0.15) is 0 Å². The lowest BCUT2D eigenvalue weighted by Crippen LogP contribution is -2.21. The first-order valence-electron chi connectivity index (χ1n) is 13.5. The molecule has 1 amide bonds. The summed E-state index contributed by atoms with van der Waals surface area (Å²) in [6.45, 7) is 4.76. The molecule has 1 atom stereocenters. The van der Waals surface area contributed by atoms with Gasteiger partial charge in [0.05, 0.1) is 5.57 Å². The lowest BCUT2D eigenvalue weighted by atomic mass is 9.94. The highest BCUT2D eigenvalue weighted by atomic mass is 19.1. The van der Waals surface area contributed by atoms with E-state index in [-0.39, 0.29) is 11.7 Å². The molecule has 1 aromatic heterocycles. The monoisotopic (exact) mass is 485 g/mol. The fourth-order valence-corrected chi connectivity index (χ4v) is 5.63. The van der Waals surface area contributed by atoms with Crippen LogP contribution in [0.4, 0.5) is 10.1 Å². The third-order valence-corrected chi connectivity index (χ3v) is 7.64. The van der Waals surface area contributed by atoms with Gasteiger partial charge in [0.15, 0.2) is 0 Å². The van der Waals surface area contributed by atoms with Crippen LogP contribution in [0.25, 0.3) is 22.8 Å². The van der Waals surface area contributed by atoms with E-state index in [0.29, 0.717) is 11.1 Å².